The number of halogens is 1. The second-order valence-electron chi connectivity index (χ2n) is 16.4. The highest BCUT2D eigenvalue weighted by Crippen LogP contribution is 2.62. The van der Waals surface area contributed by atoms with Gasteiger partial charge < -0.3 is 34.2 Å². The molecule has 55 heavy (non-hydrogen) atoms. The van der Waals surface area contributed by atoms with Crippen molar-refractivity contribution in [3.05, 3.63) is 96.4 Å². The van der Waals surface area contributed by atoms with E-state index in [1.165, 1.54) is 12.1 Å². The van der Waals surface area contributed by atoms with Gasteiger partial charge >= 0.3 is 0 Å². The van der Waals surface area contributed by atoms with E-state index in [2.05, 4.69) is 25.3 Å². The molecule has 0 radical (unpaired) electrons. The number of unbranched alkanes of at least 4 members (excludes halogenated alkanes) is 2. The van der Waals surface area contributed by atoms with Gasteiger partial charge in [-0.25, -0.2) is 4.39 Å². The first-order valence-electron chi connectivity index (χ1n) is 20.1. The highest BCUT2D eigenvalue weighted by atomic mass is 19.1. The number of hydrogen-bond acceptors (Lipinski definition) is 8. The summed E-state index contributed by atoms with van der Waals surface area (Å²) < 4.78 is 34.7. The normalized spacial score (nSPS) is 26.3. The number of allylic oxidation sites excluding steroid dienone is 1. The molecule has 4 aliphatic rings. The number of carbonyl (C=O) groups excluding carboxylic acids is 1. The van der Waals surface area contributed by atoms with E-state index >= 15 is 0 Å². The number of rotatable bonds is 19. The first kappa shape index (κ1) is 40.7. The van der Waals surface area contributed by atoms with Crippen molar-refractivity contribution in [2.45, 2.75) is 108 Å². The van der Waals surface area contributed by atoms with E-state index in [9.17, 15) is 19.4 Å². The van der Waals surface area contributed by atoms with E-state index in [0.717, 1.165) is 60.9 Å². The Bertz CT molecular complexity index is 1710. The van der Waals surface area contributed by atoms with Gasteiger partial charge in [-0.1, -0.05) is 54.9 Å². The second-order valence-corrected chi connectivity index (χ2v) is 16.4. The number of benzene rings is 2. The van der Waals surface area contributed by atoms with Crippen LogP contribution < -0.4 is 9.47 Å². The number of amides is 1. The SMILES string of the molecule is C=CCOc1ccc2c(c1)C1C(CCCCO)C(CCCCO)C=C3C(=NOC(C)(C)C)CC(N(Cc4ccc(F)cc4)C(=O)C4CC4)C(OCC=C)(O2)C31. The topological polar surface area (TPSA) is 110 Å². The average molecular weight is 759 g/mol. The first-order valence-corrected chi connectivity index (χ1v) is 20.1. The highest BCUT2D eigenvalue weighted by molar-refractivity contribution is 6.03. The minimum Gasteiger partial charge on any atom is -0.490 e. The van der Waals surface area contributed by atoms with Gasteiger partial charge in [0.25, 0.3) is 0 Å². The maximum atomic E-state index is 14.6. The van der Waals surface area contributed by atoms with Crippen molar-refractivity contribution in [1.82, 2.24) is 4.90 Å². The smallest absolute Gasteiger partial charge is 0.239 e. The molecule has 298 valence electrons. The average Bonchev–Trinajstić information content (AvgIpc) is 4.02. The van der Waals surface area contributed by atoms with Gasteiger partial charge in [-0.2, -0.15) is 0 Å². The van der Waals surface area contributed by atoms with E-state index in [0.29, 0.717) is 37.4 Å². The van der Waals surface area contributed by atoms with Gasteiger partial charge in [0.2, 0.25) is 11.7 Å². The number of oxime groups is 1. The molecule has 2 aromatic rings. The van der Waals surface area contributed by atoms with E-state index in [1.54, 1.807) is 24.3 Å². The molecule has 0 bridgehead atoms. The van der Waals surface area contributed by atoms with Gasteiger partial charge in [0.05, 0.1) is 18.2 Å². The fourth-order valence-electron chi connectivity index (χ4n) is 8.78. The van der Waals surface area contributed by atoms with Crippen LogP contribution in [0.3, 0.4) is 0 Å². The third-order valence-electron chi connectivity index (χ3n) is 11.3. The molecular weight excluding hydrogens is 700 g/mol. The molecule has 6 rings (SSSR count). The zero-order chi connectivity index (χ0) is 39.2. The molecule has 6 unspecified atom stereocenters. The van der Waals surface area contributed by atoms with Gasteiger partial charge in [0.15, 0.2) is 0 Å². The van der Waals surface area contributed by atoms with Gasteiger partial charge in [0.1, 0.15) is 35.6 Å². The summed E-state index contributed by atoms with van der Waals surface area (Å²) in [7, 11) is 0. The van der Waals surface area contributed by atoms with Crippen LogP contribution in [0.5, 0.6) is 11.5 Å². The molecule has 2 aromatic carbocycles. The summed E-state index contributed by atoms with van der Waals surface area (Å²) in [5.74, 6) is -0.836. The van der Waals surface area contributed by atoms with Crippen LogP contribution in [0.1, 0.15) is 95.6 Å². The predicted molar refractivity (Wildman–Crippen MR) is 211 cm³/mol. The second kappa shape index (κ2) is 17.9. The Morgan fingerprint density at radius 1 is 1.02 bits per heavy atom. The lowest BCUT2D eigenvalue weighted by atomic mass is 9.55. The fraction of sp³-hybridized carbons (Fsp3) is 0.556. The van der Waals surface area contributed by atoms with Crippen LogP contribution in [0, 0.1) is 29.5 Å². The van der Waals surface area contributed by atoms with Crippen LogP contribution in [-0.2, 0) is 20.9 Å². The number of aliphatic hydroxyl groups is 2. The molecule has 3 aliphatic carbocycles. The first-order chi connectivity index (χ1) is 26.5. The number of aliphatic hydroxyl groups excluding tert-OH is 2. The van der Waals surface area contributed by atoms with Crippen LogP contribution >= 0.6 is 0 Å². The third-order valence-corrected chi connectivity index (χ3v) is 11.3. The maximum Gasteiger partial charge on any atom is 0.239 e. The zero-order valence-electron chi connectivity index (χ0n) is 32.8. The van der Waals surface area contributed by atoms with Crippen molar-refractivity contribution in [3.8, 4) is 11.5 Å². The molecular formula is C45H59FN2O7. The van der Waals surface area contributed by atoms with E-state index in [4.69, 9.17) is 24.2 Å². The lowest BCUT2D eigenvalue weighted by Crippen LogP contribution is -2.70. The summed E-state index contributed by atoms with van der Waals surface area (Å²) in [5, 5.41) is 24.6. The van der Waals surface area contributed by atoms with Crippen molar-refractivity contribution in [1.29, 1.82) is 0 Å². The van der Waals surface area contributed by atoms with Crippen molar-refractivity contribution in [3.63, 3.8) is 0 Å². The summed E-state index contributed by atoms with van der Waals surface area (Å²) in [5.41, 5.74) is 2.93. The lowest BCUT2D eigenvalue weighted by molar-refractivity contribution is -0.258. The maximum absolute atomic E-state index is 14.6. The summed E-state index contributed by atoms with van der Waals surface area (Å²) >= 11 is 0. The van der Waals surface area contributed by atoms with Crippen LogP contribution in [-0.4, -0.2) is 70.6 Å². The summed E-state index contributed by atoms with van der Waals surface area (Å²) in [6, 6.07) is 11.6. The highest BCUT2D eigenvalue weighted by Gasteiger charge is 2.66. The van der Waals surface area contributed by atoms with Gasteiger partial charge in [-0.3, -0.25) is 4.79 Å². The Balaban J connectivity index is 1.61. The van der Waals surface area contributed by atoms with Crippen LogP contribution in [0.2, 0.25) is 0 Å². The Kier molecular flexibility index (Phi) is 13.2. The standard InChI is InChI=1S/C45H59FN2O7/c1-6-24-52-34-20-21-39-37(27-34)41-35(13-9-11-23-50)32(12-8-10-22-49)26-36-38(47-55-44(3,4)5)28-40(45(54-39,42(36)41)53-25-7-2)48(43(51)31-16-17-31)29-30-14-18-33(46)19-15-30/h6-7,14-15,18-21,26-27,31-32,35,40-42,49-50H,1-2,8-13,16-17,22-25,28-29H2,3-5H3. The summed E-state index contributed by atoms with van der Waals surface area (Å²) in [4.78, 5) is 22.7. The van der Waals surface area contributed by atoms with Gasteiger partial charge in [-0.05, 0) is 113 Å². The Labute approximate surface area is 325 Å². The summed E-state index contributed by atoms with van der Waals surface area (Å²) in [6.45, 7) is 14.7. The largest absolute Gasteiger partial charge is 0.490 e. The number of hydrogen-bond donors (Lipinski definition) is 2. The minimum atomic E-state index is -1.36. The van der Waals surface area contributed by atoms with Crippen molar-refractivity contribution >= 4 is 11.6 Å². The fourth-order valence-corrected chi connectivity index (χ4v) is 8.78. The third kappa shape index (κ3) is 9.19. The molecule has 2 fully saturated rings. The Morgan fingerprint density at radius 2 is 1.73 bits per heavy atom. The molecule has 0 saturated heterocycles. The molecule has 2 N–H and O–H groups in total. The number of fused-ring (bicyclic) bond motifs is 2. The van der Waals surface area contributed by atoms with Crippen molar-refractivity contribution < 1.29 is 38.4 Å². The van der Waals surface area contributed by atoms with E-state index < -0.39 is 23.3 Å². The Morgan fingerprint density at radius 3 is 2.38 bits per heavy atom. The lowest BCUT2D eigenvalue weighted by Gasteiger charge is -2.60. The molecule has 0 aromatic heterocycles. The molecule has 1 aliphatic heterocycles. The van der Waals surface area contributed by atoms with Crippen molar-refractivity contribution in [2.24, 2.45) is 28.8 Å². The van der Waals surface area contributed by atoms with Gasteiger partial charge in [-0.15, -0.1) is 6.58 Å². The molecule has 9 nitrogen and oxygen atoms in total. The number of carbonyl (C=O) groups is 1. The quantitative estimate of drug-likeness (QED) is 0.0844. The molecule has 1 amide bonds. The minimum absolute atomic E-state index is 0.00993. The number of nitrogens with zero attached hydrogens (tertiary/aromatic N) is 2. The molecule has 6 atom stereocenters. The monoisotopic (exact) mass is 758 g/mol. The van der Waals surface area contributed by atoms with Crippen LogP contribution in [0.15, 0.2) is 84.6 Å². The number of ether oxygens (including phenoxy) is 3. The van der Waals surface area contributed by atoms with E-state index in [-0.39, 0.29) is 61.8 Å². The van der Waals surface area contributed by atoms with Crippen molar-refractivity contribution in [2.75, 3.05) is 26.4 Å². The van der Waals surface area contributed by atoms with Crippen LogP contribution in [0.25, 0.3) is 0 Å². The molecule has 2 saturated carbocycles. The van der Waals surface area contributed by atoms with Gasteiger partial charge in [0, 0.05) is 43.6 Å². The van der Waals surface area contributed by atoms with Crippen LogP contribution in [0.4, 0.5) is 4.39 Å². The molecule has 1 heterocycles. The Hall–Kier alpha value is -3.99. The molecule has 0 spiro atoms. The van der Waals surface area contributed by atoms with E-state index in [1.807, 2.05) is 37.8 Å². The summed E-state index contributed by atoms with van der Waals surface area (Å²) in [6.07, 6.45) is 12.4. The zero-order valence-corrected chi connectivity index (χ0v) is 32.8. The molecule has 10 heteroatoms. The predicted octanol–water partition coefficient (Wildman–Crippen LogP) is 8.26.